The van der Waals surface area contributed by atoms with Gasteiger partial charge in [0.15, 0.2) is 0 Å². The summed E-state index contributed by atoms with van der Waals surface area (Å²) in [6.45, 7) is 3.92. The van der Waals surface area contributed by atoms with E-state index >= 15 is 0 Å². The molecule has 88 valence electrons. The zero-order valence-corrected chi connectivity index (χ0v) is 9.42. The second kappa shape index (κ2) is 4.91. The quantitative estimate of drug-likeness (QED) is 0.810. The van der Waals surface area contributed by atoms with E-state index < -0.39 is 6.43 Å². The molecule has 0 aliphatic heterocycles. The lowest BCUT2D eigenvalue weighted by Gasteiger charge is -2.06. The van der Waals surface area contributed by atoms with E-state index in [0.29, 0.717) is 6.54 Å². The molecule has 2 atom stereocenters. The van der Waals surface area contributed by atoms with E-state index in [9.17, 15) is 8.78 Å². The van der Waals surface area contributed by atoms with E-state index in [4.69, 9.17) is 0 Å². The molecule has 16 heavy (non-hydrogen) atoms. The molecule has 2 unspecified atom stereocenters. The van der Waals surface area contributed by atoms with Crippen LogP contribution in [0, 0.1) is 11.8 Å². The van der Waals surface area contributed by atoms with Crippen LogP contribution in [0.4, 0.5) is 8.78 Å². The van der Waals surface area contributed by atoms with Crippen molar-refractivity contribution in [2.24, 2.45) is 11.8 Å². The summed E-state index contributed by atoms with van der Waals surface area (Å²) < 4.78 is 24.9. The number of hydrogen-bond acceptors (Lipinski definition) is 1. The van der Waals surface area contributed by atoms with Gasteiger partial charge in [-0.3, -0.25) is 0 Å². The first kappa shape index (κ1) is 11.5. The van der Waals surface area contributed by atoms with E-state index in [1.807, 2.05) is 6.07 Å². The first-order valence-electron chi connectivity index (χ1n) is 5.74. The smallest absolute Gasteiger partial charge is 0.263 e. The van der Waals surface area contributed by atoms with Crippen molar-refractivity contribution >= 4 is 0 Å². The average Bonchev–Trinajstić information content (AvgIpc) is 2.95. The van der Waals surface area contributed by atoms with Crippen LogP contribution in [0.1, 0.15) is 30.9 Å². The molecule has 1 saturated carbocycles. The summed E-state index contributed by atoms with van der Waals surface area (Å²) in [4.78, 5) is 0. The molecule has 1 aromatic carbocycles. The van der Waals surface area contributed by atoms with Crippen molar-refractivity contribution in [2.75, 3.05) is 6.54 Å². The topological polar surface area (TPSA) is 12.0 Å². The Morgan fingerprint density at radius 1 is 1.44 bits per heavy atom. The Kier molecular flexibility index (Phi) is 3.54. The van der Waals surface area contributed by atoms with Gasteiger partial charge >= 0.3 is 0 Å². The predicted molar refractivity (Wildman–Crippen MR) is 60.4 cm³/mol. The summed E-state index contributed by atoms with van der Waals surface area (Å²) in [5.74, 6) is 1.62. The van der Waals surface area contributed by atoms with Crippen LogP contribution in [0.3, 0.4) is 0 Å². The summed E-state index contributed by atoms with van der Waals surface area (Å²) in [6, 6.07) is 6.62. The van der Waals surface area contributed by atoms with Crippen molar-refractivity contribution in [3.05, 3.63) is 35.4 Å². The zero-order chi connectivity index (χ0) is 11.5. The van der Waals surface area contributed by atoms with Crippen LogP contribution in [0.5, 0.6) is 0 Å². The molecule has 1 N–H and O–H groups in total. The normalized spacial score (nSPS) is 23.8. The molecule has 1 aromatic rings. The van der Waals surface area contributed by atoms with E-state index in [0.717, 1.165) is 23.9 Å². The number of halogens is 2. The summed E-state index contributed by atoms with van der Waals surface area (Å²) in [5, 5.41) is 3.32. The monoisotopic (exact) mass is 225 g/mol. The van der Waals surface area contributed by atoms with Gasteiger partial charge in [-0.05, 0) is 36.4 Å². The van der Waals surface area contributed by atoms with Gasteiger partial charge in [0.25, 0.3) is 6.43 Å². The molecule has 0 bridgehead atoms. The third-order valence-corrected chi connectivity index (χ3v) is 3.21. The van der Waals surface area contributed by atoms with Crippen LogP contribution in [0.25, 0.3) is 0 Å². The summed E-state index contributed by atoms with van der Waals surface area (Å²) in [6.07, 6.45) is -1.08. The van der Waals surface area contributed by atoms with Crippen molar-refractivity contribution in [3.63, 3.8) is 0 Å². The molecule has 1 nitrogen and oxygen atoms in total. The lowest BCUT2D eigenvalue weighted by molar-refractivity contribution is 0.151. The SMILES string of the molecule is CC1CC1CNCc1cccc(C(F)F)c1. The molecule has 1 aliphatic rings. The highest BCUT2D eigenvalue weighted by atomic mass is 19.3. The van der Waals surface area contributed by atoms with Gasteiger partial charge in [0.05, 0.1) is 0 Å². The van der Waals surface area contributed by atoms with Gasteiger partial charge in [-0.1, -0.05) is 25.1 Å². The standard InChI is InChI=1S/C13H17F2N/c1-9-5-12(9)8-16-7-10-3-2-4-11(6-10)13(14)15/h2-4,6,9,12-13,16H,5,7-8H2,1H3. The molecule has 1 aliphatic carbocycles. The van der Waals surface area contributed by atoms with Crippen molar-refractivity contribution in [2.45, 2.75) is 26.3 Å². The van der Waals surface area contributed by atoms with Crippen LogP contribution < -0.4 is 5.32 Å². The van der Waals surface area contributed by atoms with Crippen LogP contribution in [-0.2, 0) is 6.54 Å². The molecule has 0 radical (unpaired) electrons. The molecule has 3 heteroatoms. The Labute approximate surface area is 94.9 Å². The maximum atomic E-state index is 12.4. The third-order valence-electron chi connectivity index (χ3n) is 3.21. The lowest BCUT2D eigenvalue weighted by Crippen LogP contribution is -2.16. The highest BCUT2D eigenvalue weighted by Gasteiger charge is 2.31. The molecule has 2 rings (SSSR count). The first-order chi connectivity index (χ1) is 7.66. The predicted octanol–water partition coefficient (Wildman–Crippen LogP) is 3.37. The molecular formula is C13H17F2N. The fraction of sp³-hybridized carbons (Fsp3) is 0.538. The molecular weight excluding hydrogens is 208 g/mol. The number of benzene rings is 1. The Morgan fingerprint density at radius 3 is 2.81 bits per heavy atom. The summed E-state index contributed by atoms with van der Waals surface area (Å²) in [5.41, 5.74) is 1.05. The van der Waals surface area contributed by atoms with Gasteiger partial charge in [0, 0.05) is 12.1 Å². The molecule has 0 spiro atoms. The van der Waals surface area contributed by atoms with Crippen LogP contribution >= 0.6 is 0 Å². The van der Waals surface area contributed by atoms with Crippen molar-refractivity contribution in [3.8, 4) is 0 Å². The van der Waals surface area contributed by atoms with Gasteiger partial charge < -0.3 is 5.32 Å². The van der Waals surface area contributed by atoms with Crippen LogP contribution in [-0.4, -0.2) is 6.54 Å². The zero-order valence-electron chi connectivity index (χ0n) is 9.42. The maximum absolute atomic E-state index is 12.4. The minimum absolute atomic E-state index is 0.110. The Morgan fingerprint density at radius 2 is 2.19 bits per heavy atom. The molecule has 0 heterocycles. The molecule has 0 amide bonds. The first-order valence-corrected chi connectivity index (χ1v) is 5.74. The maximum Gasteiger partial charge on any atom is 0.263 e. The van der Waals surface area contributed by atoms with Gasteiger partial charge in [0.2, 0.25) is 0 Å². The summed E-state index contributed by atoms with van der Waals surface area (Å²) >= 11 is 0. The molecule has 0 saturated heterocycles. The average molecular weight is 225 g/mol. The van der Waals surface area contributed by atoms with Gasteiger partial charge in [0.1, 0.15) is 0 Å². The Balaban J connectivity index is 1.81. The fourth-order valence-corrected chi connectivity index (χ4v) is 1.92. The Hall–Kier alpha value is -0.960. The van der Waals surface area contributed by atoms with Crippen molar-refractivity contribution in [1.29, 1.82) is 0 Å². The summed E-state index contributed by atoms with van der Waals surface area (Å²) in [7, 11) is 0. The van der Waals surface area contributed by atoms with Crippen molar-refractivity contribution in [1.82, 2.24) is 5.32 Å². The number of alkyl halides is 2. The van der Waals surface area contributed by atoms with Crippen LogP contribution in [0.2, 0.25) is 0 Å². The minimum Gasteiger partial charge on any atom is -0.312 e. The minimum atomic E-state index is -2.37. The number of hydrogen-bond donors (Lipinski definition) is 1. The lowest BCUT2D eigenvalue weighted by atomic mass is 10.1. The van der Waals surface area contributed by atoms with Gasteiger partial charge in [-0.25, -0.2) is 8.78 Å². The van der Waals surface area contributed by atoms with E-state index in [1.54, 1.807) is 12.1 Å². The highest BCUT2D eigenvalue weighted by Crippen LogP contribution is 2.36. The third kappa shape index (κ3) is 3.01. The number of nitrogens with one attached hydrogen (secondary N) is 1. The van der Waals surface area contributed by atoms with E-state index in [2.05, 4.69) is 12.2 Å². The van der Waals surface area contributed by atoms with Crippen LogP contribution in [0.15, 0.2) is 24.3 Å². The van der Waals surface area contributed by atoms with E-state index in [1.165, 1.54) is 12.5 Å². The highest BCUT2D eigenvalue weighted by molar-refractivity contribution is 5.24. The number of rotatable bonds is 5. The largest absolute Gasteiger partial charge is 0.312 e. The second-order valence-electron chi connectivity index (χ2n) is 4.65. The van der Waals surface area contributed by atoms with Gasteiger partial charge in [-0.15, -0.1) is 0 Å². The molecule has 1 fully saturated rings. The second-order valence-corrected chi connectivity index (χ2v) is 4.65. The molecule has 0 aromatic heterocycles. The van der Waals surface area contributed by atoms with Crippen molar-refractivity contribution < 1.29 is 8.78 Å². The Bertz CT molecular complexity index is 352. The fourth-order valence-electron chi connectivity index (χ4n) is 1.92. The van der Waals surface area contributed by atoms with Gasteiger partial charge in [-0.2, -0.15) is 0 Å². The van der Waals surface area contributed by atoms with E-state index in [-0.39, 0.29) is 5.56 Å².